The van der Waals surface area contributed by atoms with E-state index in [1.807, 2.05) is 0 Å². The lowest BCUT2D eigenvalue weighted by Crippen LogP contribution is -2.46. The summed E-state index contributed by atoms with van der Waals surface area (Å²) in [6.45, 7) is 4.43. The van der Waals surface area contributed by atoms with Crippen LogP contribution in [-0.2, 0) is 14.9 Å². The number of aliphatic hydroxyl groups is 1. The quantitative estimate of drug-likeness (QED) is 0.0357. The molecule has 6 nitrogen and oxygen atoms in total. The topological polar surface area (TPSA) is 104 Å². The SMILES string of the molecule is CCC/C=C/CC/C=C/CC/C=C/C(O)C(CS(=O)(=O)O)NC(=O)CCCCCCCCCCC/C=C\CCCCCCCCCC. The molecule has 3 N–H and O–H groups in total. The van der Waals surface area contributed by atoms with Crippen LogP contribution in [0.25, 0.3) is 0 Å². The van der Waals surface area contributed by atoms with Crippen LogP contribution < -0.4 is 5.32 Å². The van der Waals surface area contributed by atoms with Crippen molar-refractivity contribution in [2.45, 2.75) is 193 Å². The number of carbonyl (C=O) groups is 1. The smallest absolute Gasteiger partial charge is 0.267 e. The van der Waals surface area contributed by atoms with E-state index in [1.54, 1.807) is 6.08 Å². The fourth-order valence-corrected chi connectivity index (χ4v) is 6.28. The molecule has 0 aliphatic rings. The zero-order valence-corrected chi connectivity index (χ0v) is 31.2. The van der Waals surface area contributed by atoms with Crippen LogP contribution in [0.3, 0.4) is 0 Å². The van der Waals surface area contributed by atoms with Crippen molar-refractivity contribution in [2.24, 2.45) is 0 Å². The summed E-state index contributed by atoms with van der Waals surface area (Å²) < 4.78 is 32.3. The van der Waals surface area contributed by atoms with Crippen molar-refractivity contribution in [2.75, 3.05) is 5.75 Å². The van der Waals surface area contributed by atoms with E-state index in [-0.39, 0.29) is 12.3 Å². The van der Waals surface area contributed by atoms with Crippen LogP contribution in [0.4, 0.5) is 0 Å². The third-order valence-corrected chi connectivity index (χ3v) is 9.22. The fraction of sp³-hybridized carbons (Fsp3) is 0.775. The number of nitrogens with one attached hydrogen (secondary N) is 1. The molecular weight excluding hydrogens is 607 g/mol. The van der Waals surface area contributed by atoms with E-state index in [4.69, 9.17) is 0 Å². The normalized spacial score (nSPS) is 13.9. The summed E-state index contributed by atoms with van der Waals surface area (Å²) in [5.41, 5.74) is 0. The van der Waals surface area contributed by atoms with Gasteiger partial charge in [0.2, 0.25) is 5.91 Å². The van der Waals surface area contributed by atoms with Gasteiger partial charge in [-0.2, -0.15) is 8.42 Å². The van der Waals surface area contributed by atoms with E-state index >= 15 is 0 Å². The maximum Gasteiger partial charge on any atom is 0.267 e. The first-order valence-corrected chi connectivity index (χ1v) is 20.9. The van der Waals surface area contributed by atoms with Crippen LogP contribution >= 0.6 is 0 Å². The Morgan fingerprint density at radius 2 is 0.957 bits per heavy atom. The highest BCUT2D eigenvalue weighted by molar-refractivity contribution is 7.85. The summed E-state index contributed by atoms with van der Waals surface area (Å²) in [5.74, 6) is -1.01. The average Bonchev–Trinajstić information content (AvgIpc) is 3.03. The molecule has 0 aliphatic heterocycles. The summed E-state index contributed by atoms with van der Waals surface area (Å²) in [6.07, 6.45) is 45.3. The van der Waals surface area contributed by atoms with Crippen LogP contribution in [0.2, 0.25) is 0 Å². The van der Waals surface area contributed by atoms with Crippen molar-refractivity contribution in [3.05, 3.63) is 48.6 Å². The molecule has 0 rings (SSSR count). The molecular formula is C40H73NO5S. The first-order chi connectivity index (χ1) is 22.8. The van der Waals surface area contributed by atoms with E-state index in [0.717, 1.165) is 51.4 Å². The van der Waals surface area contributed by atoms with Crippen molar-refractivity contribution in [3.8, 4) is 0 Å². The number of carbonyl (C=O) groups excluding carboxylic acids is 1. The Balaban J connectivity index is 3.91. The molecule has 274 valence electrons. The van der Waals surface area contributed by atoms with Crippen molar-refractivity contribution in [3.63, 3.8) is 0 Å². The third kappa shape index (κ3) is 35.4. The number of allylic oxidation sites excluding steroid dienone is 7. The summed E-state index contributed by atoms with van der Waals surface area (Å²) in [5, 5.41) is 13.1. The maximum atomic E-state index is 12.5. The van der Waals surface area contributed by atoms with Gasteiger partial charge in [-0.3, -0.25) is 9.35 Å². The van der Waals surface area contributed by atoms with E-state index in [9.17, 15) is 22.9 Å². The Morgan fingerprint density at radius 3 is 1.43 bits per heavy atom. The van der Waals surface area contributed by atoms with Gasteiger partial charge in [-0.1, -0.05) is 159 Å². The van der Waals surface area contributed by atoms with E-state index in [2.05, 4.69) is 55.6 Å². The van der Waals surface area contributed by atoms with Gasteiger partial charge >= 0.3 is 0 Å². The second-order valence-electron chi connectivity index (χ2n) is 13.2. The molecule has 47 heavy (non-hydrogen) atoms. The Hall–Kier alpha value is -1.70. The van der Waals surface area contributed by atoms with E-state index < -0.39 is 28.0 Å². The van der Waals surface area contributed by atoms with Gasteiger partial charge < -0.3 is 10.4 Å². The number of rotatable bonds is 34. The first-order valence-electron chi connectivity index (χ1n) is 19.3. The van der Waals surface area contributed by atoms with Crippen LogP contribution in [0, 0.1) is 0 Å². The lowest BCUT2D eigenvalue weighted by molar-refractivity contribution is -0.122. The van der Waals surface area contributed by atoms with Gasteiger partial charge in [-0.25, -0.2) is 0 Å². The summed E-state index contributed by atoms with van der Waals surface area (Å²) in [4.78, 5) is 12.5. The molecule has 0 aliphatic carbocycles. The molecule has 0 saturated heterocycles. The second-order valence-corrected chi connectivity index (χ2v) is 14.7. The Morgan fingerprint density at radius 1 is 0.553 bits per heavy atom. The molecule has 1 amide bonds. The fourth-order valence-electron chi connectivity index (χ4n) is 5.54. The van der Waals surface area contributed by atoms with Crippen LogP contribution in [0.15, 0.2) is 48.6 Å². The minimum Gasteiger partial charge on any atom is -0.387 e. The summed E-state index contributed by atoms with van der Waals surface area (Å²) in [7, 11) is -4.35. The van der Waals surface area contributed by atoms with Gasteiger partial charge in [0.15, 0.2) is 0 Å². The minimum atomic E-state index is -4.35. The number of amides is 1. The molecule has 0 heterocycles. The van der Waals surface area contributed by atoms with Crippen molar-refractivity contribution in [1.29, 1.82) is 0 Å². The van der Waals surface area contributed by atoms with Crippen molar-refractivity contribution < 1.29 is 22.9 Å². The molecule has 7 heteroatoms. The van der Waals surface area contributed by atoms with E-state index in [0.29, 0.717) is 6.42 Å². The standard InChI is InChI=1S/C40H73NO5S/c1-3-5-7-9-11-13-15-16-17-18-19-20-21-22-23-24-26-28-30-32-34-36-40(43)41-38(37-47(44,45)46)39(42)35-33-31-29-27-25-14-12-10-8-6-4-2/h8,10,18-19,25,27,33,35,38-39,42H,3-7,9,11-17,20-24,26,28-32,34,36-37H2,1-2H3,(H,41,43)(H,44,45,46)/b10-8+,19-18-,27-25+,35-33+. The minimum absolute atomic E-state index is 0.281. The molecule has 0 spiro atoms. The lowest BCUT2D eigenvalue weighted by atomic mass is 10.0. The Kier molecular flexibility index (Phi) is 32.9. The maximum absolute atomic E-state index is 12.5. The van der Waals surface area contributed by atoms with Gasteiger partial charge in [-0.15, -0.1) is 0 Å². The first kappa shape index (κ1) is 45.3. The Labute approximate surface area is 290 Å². The zero-order chi connectivity index (χ0) is 34.7. The van der Waals surface area contributed by atoms with Gasteiger partial charge in [0.25, 0.3) is 10.1 Å². The highest BCUT2D eigenvalue weighted by atomic mass is 32.2. The lowest BCUT2D eigenvalue weighted by Gasteiger charge is -2.21. The number of aliphatic hydroxyl groups excluding tert-OH is 1. The predicted molar refractivity (Wildman–Crippen MR) is 202 cm³/mol. The molecule has 0 aromatic rings. The Bertz CT molecular complexity index is 925. The highest BCUT2D eigenvalue weighted by Crippen LogP contribution is 2.13. The zero-order valence-electron chi connectivity index (χ0n) is 30.4. The van der Waals surface area contributed by atoms with E-state index in [1.165, 1.54) is 109 Å². The third-order valence-electron chi connectivity index (χ3n) is 8.44. The molecule has 0 fully saturated rings. The largest absolute Gasteiger partial charge is 0.387 e. The predicted octanol–water partition coefficient (Wildman–Crippen LogP) is 11.1. The average molecular weight is 680 g/mol. The molecule has 0 bridgehead atoms. The monoisotopic (exact) mass is 680 g/mol. The summed E-state index contributed by atoms with van der Waals surface area (Å²) >= 11 is 0. The molecule has 0 aromatic heterocycles. The summed E-state index contributed by atoms with van der Waals surface area (Å²) in [6, 6.07) is -1.08. The van der Waals surface area contributed by atoms with Gasteiger partial charge in [0.05, 0.1) is 17.9 Å². The molecule has 2 unspecified atom stereocenters. The number of hydrogen-bond donors (Lipinski definition) is 3. The van der Waals surface area contributed by atoms with Crippen LogP contribution in [-0.4, -0.2) is 41.9 Å². The van der Waals surface area contributed by atoms with Crippen molar-refractivity contribution in [1.82, 2.24) is 5.32 Å². The molecule has 2 atom stereocenters. The van der Waals surface area contributed by atoms with Crippen LogP contribution in [0.1, 0.15) is 181 Å². The van der Waals surface area contributed by atoms with Crippen LogP contribution in [0.5, 0.6) is 0 Å². The number of hydrogen-bond acceptors (Lipinski definition) is 4. The number of unbranched alkanes of at least 4 members (excludes halogenated alkanes) is 20. The van der Waals surface area contributed by atoms with Gasteiger partial charge in [0.1, 0.15) is 0 Å². The molecule has 0 radical (unpaired) electrons. The molecule has 0 aromatic carbocycles. The van der Waals surface area contributed by atoms with Crippen molar-refractivity contribution >= 4 is 16.0 Å². The second kappa shape index (κ2) is 34.2. The molecule has 0 saturated carbocycles. The van der Waals surface area contributed by atoms with Gasteiger partial charge in [0, 0.05) is 6.42 Å². The van der Waals surface area contributed by atoms with Gasteiger partial charge in [-0.05, 0) is 64.2 Å². The highest BCUT2D eigenvalue weighted by Gasteiger charge is 2.24.